The molecule has 0 aliphatic carbocycles. The molecule has 2 aliphatic heterocycles. The van der Waals surface area contributed by atoms with E-state index in [1.165, 1.54) is 5.56 Å². The van der Waals surface area contributed by atoms with E-state index in [4.69, 9.17) is 0 Å². The smallest absolute Gasteiger partial charge is 0.239 e. The van der Waals surface area contributed by atoms with Crippen LogP contribution in [0.25, 0.3) is 0 Å². The molecule has 0 spiro atoms. The molecule has 0 radical (unpaired) electrons. The Balaban J connectivity index is 1.36. The Labute approximate surface area is 188 Å². The van der Waals surface area contributed by atoms with Gasteiger partial charge in [0.15, 0.2) is 0 Å². The van der Waals surface area contributed by atoms with E-state index in [0.717, 1.165) is 77.9 Å². The molecule has 1 N–H and O–H groups in total. The van der Waals surface area contributed by atoms with Crippen molar-refractivity contribution in [1.29, 1.82) is 0 Å². The lowest BCUT2D eigenvalue weighted by Crippen LogP contribution is -2.56. The number of carbonyl (C=O) groups is 2. The summed E-state index contributed by atoms with van der Waals surface area (Å²) in [6, 6.07) is 10.6. The van der Waals surface area contributed by atoms with E-state index in [1.54, 1.807) is 0 Å². The minimum atomic E-state index is -0.0776. The fourth-order valence-corrected chi connectivity index (χ4v) is 4.70. The van der Waals surface area contributed by atoms with Crippen molar-refractivity contribution in [2.75, 3.05) is 52.4 Å². The topological polar surface area (TPSA) is 55.9 Å². The van der Waals surface area contributed by atoms with Gasteiger partial charge in [0.25, 0.3) is 0 Å². The van der Waals surface area contributed by atoms with E-state index >= 15 is 0 Å². The van der Waals surface area contributed by atoms with Gasteiger partial charge in [-0.3, -0.25) is 19.4 Å². The van der Waals surface area contributed by atoms with Crippen LogP contribution in [-0.4, -0.2) is 84.9 Å². The quantitative estimate of drug-likeness (QED) is 0.614. The monoisotopic (exact) mass is 428 g/mol. The van der Waals surface area contributed by atoms with Crippen molar-refractivity contribution < 1.29 is 9.59 Å². The minimum Gasteiger partial charge on any atom is -0.355 e. The van der Waals surface area contributed by atoms with Gasteiger partial charge in [0.2, 0.25) is 11.8 Å². The molecule has 6 nitrogen and oxygen atoms in total. The number of hydrogen-bond acceptors (Lipinski definition) is 4. The van der Waals surface area contributed by atoms with Crippen LogP contribution in [0, 0.1) is 5.92 Å². The predicted molar refractivity (Wildman–Crippen MR) is 125 cm³/mol. The molecule has 1 aromatic rings. The molecule has 6 heteroatoms. The highest BCUT2D eigenvalue weighted by Gasteiger charge is 2.31. The van der Waals surface area contributed by atoms with Crippen molar-refractivity contribution >= 4 is 11.8 Å². The van der Waals surface area contributed by atoms with Crippen molar-refractivity contribution in [3.05, 3.63) is 35.9 Å². The summed E-state index contributed by atoms with van der Waals surface area (Å²) in [5.41, 5.74) is 1.40. The van der Waals surface area contributed by atoms with Gasteiger partial charge in [0.05, 0.1) is 12.6 Å². The molecule has 1 atom stereocenters. The van der Waals surface area contributed by atoms with Crippen LogP contribution in [0.2, 0.25) is 0 Å². The Hall–Kier alpha value is -1.92. The third kappa shape index (κ3) is 7.32. The summed E-state index contributed by atoms with van der Waals surface area (Å²) < 4.78 is 0. The maximum Gasteiger partial charge on any atom is 0.239 e. The second-order valence-electron chi connectivity index (χ2n) is 9.15. The molecule has 0 bridgehead atoms. The number of unbranched alkanes of at least 4 members (excludes halogenated alkanes) is 1. The lowest BCUT2D eigenvalue weighted by Gasteiger charge is -2.40. The second kappa shape index (κ2) is 12.2. The number of piperazine rings is 1. The Morgan fingerprint density at radius 2 is 1.71 bits per heavy atom. The summed E-state index contributed by atoms with van der Waals surface area (Å²) in [4.78, 5) is 31.7. The van der Waals surface area contributed by atoms with E-state index in [1.807, 2.05) is 6.92 Å². The number of amides is 2. The Morgan fingerprint density at radius 3 is 2.35 bits per heavy atom. The Morgan fingerprint density at radius 1 is 1.03 bits per heavy atom. The standard InChI is InChI=1S/C25H40N4O2/c1-3-4-12-26-24(30)20-27-15-17-28(18-16-27)21(2)25(31)29-13-10-23(11-14-29)19-22-8-6-5-7-9-22/h5-9,21,23H,3-4,10-20H2,1-2H3,(H,26,30). The van der Waals surface area contributed by atoms with Gasteiger partial charge < -0.3 is 10.2 Å². The first-order valence-electron chi connectivity index (χ1n) is 12.1. The first kappa shape index (κ1) is 23.7. The molecule has 31 heavy (non-hydrogen) atoms. The second-order valence-corrected chi connectivity index (χ2v) is 9.15. The summed E-state index contributed by atoms with van der Waals surface area (Å²) in [6.45, 7) is 10.5. The average Bonchev–Trinajstić information content (AvgIpc) is 2.80. The van der Waals surface area contributed by atoms with Crippen molar-refractivity contribution in [2.45, 2.75) is 52.0 Å². The van der Waals surface area contributed by atoms with Crippen LogP contribution in [0.3, 0.4) is 0 Å². The largest absolute Gasteiger partial charge is 0.355 e. The van der Waals surface area contributed by atoms with Gasteiger partial charge in [0, 0.05) is 45.8 Å². The van der Waals surface area contributed by atoms with E-state index in [0.29, 0.717) is 12.5 Å². The number of nitrogens with zero attached hydrogens (tertiary/aromatic N) is 3. The van der Waals surface area contributed by atoms with Crippen LogP contribution < -0.4 is 5.32 Å². The van der Waals surface area contributed by atoms with Crippen LogP contribution in [0.1, 0.15) is 45.1 Å². The highest BCUT2D eigenvalue weighted by Crippen LogP contribution is 2.23. The number of hydrogen-bond donors (Lipinski definition) is 1. The van der Waals surface area contributed by atoms with Gasteiger partial charge in [-0.2, -0.15) is 0 Å². The lowest BCUT2D eigenvalue weighted by atomic mass is 9.90. The van der Waals surface area contributed by atoms with E-state index in [-0.39, 0.29) is 17.9 Å². The van der Waals surface area contributed by atoms with E-state index in [9.17, 15) is 9.59 Å². The maximum absolute atomic E-state index is 13.1. The highest BCUT2D eigenvalue weighted by atomic mass is 16.2. The molecule has 0 saturated carbocycles. The molecule has 1 aromatic carbocycles. The third-order valence-corrected chi connectivity index (χ3v) is 6.83. The molecular weight excluding hydrogens is 388 g/mol. The van der Waals surface area contributed by atoms with Crippen molar-refractivity contribution in [3.63, 3.8) is 0 Å². The molecule has 2 saturated heterocycles. The number of benzene rings is 1. The number of rotatable bonds is 9. The molecule has 2 heterocycles. The predicted octanol–water partition coefficient (Wildman–Crippen LogP) is 2.39. The normalized spacial score (nSPS) is 19.9. The highest BCUT2D eigenvalue weighted by molar-refractivity contribution is 5.81. The third-order valence-electron chi connectivity index (χ3n) is 6.83. The molecule has 0 aromatic heterocycles. The van der Waals surface area contributed by atoms with Crippen molar-refractivity contribution in [3.8, 4) is 0 Å². The fourth-order valence-electron chi connectivity index (χ4n) is 4.70. The van der Waals surface area contributed by atoms with Crippen LogP contribution in [-0.2, 0) is 16.0 Å². The molecule has 2 fully saturated rings. The van der Waals surface area contributed by atoms with Crippen LogP contribution in [0.4, 0.5) is 0 Å². The van der Waals surface area contributed by atoms with Gasteiger partial charge >= 0.3 is 0 Å². The molecule has 1 unspecified atom stereocenters. The number of carbonyl (C=O) groups excluding carboxylic acids is 2. The minimum absolute atomic E-state index is 0.0776. The lowest BCUT2D eigenvalue weighted by molar-refractivity contribution is -0.139. The molecule has 2 aliphatic rings. The maximum atomic E-state index is 13.1. The van der Waals surface area contributed by atoms with Gasteiger partial charge in [0.1, 0.15) is 0 Å². The summed E-state index contributed by atoms with van der Waals surface area (Å²) in [7, 11) is 0. The summed E-state index contributed by atoms with van der Waals surface area (Å²) in [5.74, 6) is 1.06. The summed E-state index contributed by atoms with van der Waals surface area (Å²) in [5, 5.41) is 2.99. The number of likely N-dealkylation sites (tertiary alicyclic amines) is 1. The molecule has 2 amide bonds. The van der Waals surface area contributed by atoms with E-state index < -0.39 is 0 Å². The van der Waals surface area contributed by atoms with Crippen molar-refractivity contribution in [2.24, 2.45) is 5.92 Å². The zero-order valence-corrected chi connectivity index (χ0v) is 19.4. The zero-order chi connectivity index (χ0) is 22.1. The van der Waals surface area contributed by atoms with Crippen molar-refractivity contribution in [1.82, 2.24) is 20.0 Å². The Bertz CT molecular complexity index is 680. The van der Waals surface area contributed by atoms with Crippen LogP contribution in [0.5, 0.6) is 0 Å². The van der Waals surface area contributed by atoms with Gasteiger partial charge in [-0.15, -0.1) is 0 Å². The van der Waals surface area contributed by atoms with Gasteiger partial charge in [-0.05, 0) is 44.1 Å². The van der Waals surface area contributed by atoms with Crippen LogP contribution >= 0.6 is 0 Å². The first-order chi connectivity index (χ1) is 15.1. The Kier molecular flexibility index (Phi) is 9.34. The van der Waals surface area contributed by atoms with Gasteiger partial charge in [-0.1, -0.05) is 43.7 Å². The summed E-state index contributed by atoms with van der Waals surface area (Å²) in [6.07, 6.45) is 5.42. The fraction of sp³-hybridized carbons (Fsp3) is 0.680. The SMILES string of the molecule is CCCCNC(=O)CN1CCN(C(C)C(=O)N2CCC(Cc3ccccc3)CC2)CC1. The van der Waals surface area contributed by atoms with E-state index in [2.05, 4.69) is 57.3 Å². The number of nitrogens with one attached hydrogen (secondary N) is 1. The molecule has 172 valence electrons. The summed E-state index contributed by atoms with van der Waals surface area (Å²) >= 11 is 0. The number of piperidine rings is 1. The average molecular weight is 429 g/mol. The first-order valence-corrected chi connectivity index (χ1v) is 12.1. The van der Waals surface area contributed by atoms with Gasteiger partial charge in [-0.25, -0.2) is 0 Å². The molecular formula is C25H40N4O2. The zero-order valence-electron chi connectivity index (χ0n) is 19.4. The van der Waals surface area contributed by atoms with Crippen LogP contribution in [0.15, 0.2) is 30.3 Å². The molecule has 3 rings (SSSR count).